The van der Waals surface area contributed by atoms with E-state index in [0.717, 1.165) is 21.9 Å². The molecule has 0 saturated carbocycles. The van der Waals surface area contributed by atoms with Gasteiger partial charge in [-0.05, 0) is 48.6 Å². The van der Waals surface area contributed by atoms with Gasteiger partial charge in [-0.1, -0.05) is 32.4 Å². The normalized spacial score (nSPS) is 11.8. The van der Waals surface area contributed by atoms with Crippen LogP contribution in [0.15, 0.2) is 23.8 Å². The Morgan fingerprint density at radius 1 is 1.45 bits per heavy atom. The monoisotopic (exact) mass is 296 g/mol. The highest BCUT2D eigenvalue weighted by Gasteiger charge is 2.10. The Kier molecular flexibility index (Phi) is 6.08. The van der Waals surface area contributed by atoms with Crippen molar-refractivity contribution in [3.63, 3.8) is 0 Å². The van der Waals surface area contributed by atoms with E-state index in [4.69, 9.17) is 21.4 Å². The van der Waals surface area contributed by atoms with Crippen molar-refractivity contribution < 1.29 is 14.6 Å². The molecule has 1 aromatic carbocycles. The lowest BCUT2D eigenvalue weighted by molar-refractivity contribution is -0.132. The van der Waals surface area contributed by atoms with Gasteiger partial charge in [-0.15, -0.1) is 0 Å². The molecule has 0 aliphatic heterocycles. The number of halogens is 1. The van der Waals surface area contributed by atoms with Crippen molar-refractivity contribution in [3.8, 4) is 5.75 Å². The van der Waals surface area contributed by atoms with E-state index in [1.165, 1.54) is 0 Å². The predicted molar refractivity (Wildman–Crippen MR) is 81.8 cm³/mol. The van der Waals surface area contributed by atoms with Gasteiger partial charge in [-0.25, -0.2) is 4.79 Å². The van der Waals surface area contributed by atoms with Crippen LogP contribution >= 0.6 is 11.6 Å². The molecule has 3 nitrogen and oxygen atoms in total. The van der Waals surface area contributed by atoms with E-state index in [9.17, 15) is 4.79 Å². The summed E-state index contributed by atoms with van der Waals surface area (Å²) in [5.74, 6) is 0.160. The molecule has 0 radical (unpaired) electrons. The van der Waals surface area contributed by atoms with Gasteiger partial charge in [0.2, 0.25) is 0 Å². The van der Waals surface area contributed by atoms with E-state index < -0.39 is 5.97 Å². The van der Waals surface area contributed by atoms with Crippen molar-refractivity contribution in [2.24, 2.45) is 0 Å². The first-order valence-corrected chi connectivity index (χ1v) is 7.09. The van der Waals surface area contributed by atoms with Crippen LogP contribution in [0.4, 0.5) is 0 Å². The van der Waals surface area contributed by atoms with E-state index in [1.807, 2.05) is 26.0 Å². The van der Waals surface area contributed by atoms with Gasteiger partial charge in [0.25, 0.3) is 0 Å². The van der Waals surface area contributed by atoms with Crippen molar-refractivity contribution in [1.29, 1.82) is 0 Å². The topological polar surface area (TPSA) is 46.5 Å². The van der Waals surface area contributed by atoms with Crippen molar-refractivity contribution in [2.45, 2.75) is 40.0 Å². The van der Waals surface area contributed by atoms with Gasteiger partial charge in [0.1, 0.15) is 12.4 Å². The Labute approximate surface area is 125 Å². The minimum absolute atomic E-state index is 0.246. The third kappa shape index (κ3) is 4.27. The van der Waals surface area contributed by atoms with Gasteiger partial charge in [-0.3, -0.25) is 0 Å². The van der Waals surface area contributed by atoms with Crippen molar-refractivity contribution in [1.82, 2.24) is 0 Å². The van der Waals surface area contributed by atoms with Crippen molar-refractivity contribution in [2.75, 3.05) is 6.61 Å². The van der Waals surface area contributed by atoms with Crippen LogP contribution in [0, 0.1) is 6.92 Å². The molecule has 1 N–H and O–H groups in total. The molecule has 1 rings (SSSR count). The summed E-state index contributed by atoms with van der Waals surface area (Å²) < 4.78 is 5.67. The first-order chi connectivity index (χ1) is 9.36. The first kappa shape index (κ1) is 16.6. The molecule has 110 valence electrons. The minimum atomic E-state index is -0.896. The SMILES string of the molecule is CCC(=CCOc1cc(C(C)C)c(Cl)cc1C)C(=O)O. The Hall–Kier alpha value is -1.48. The average molecular weight is 297 g/mol. The minimum Gasteiger partial charge on any atom is -0.489 e. The number of rotatable bonds is 6. The summed E-state index contributed by atoms with van der Waals surface area (Å²) in [4.78, 5) is 10.9. The van der Waals surface area contributed by atoms with E-state index in [0.29, 0.717) is 17.9 Å². The van der Waals surface area contributed by atoms with E-state index in [1.54, 1.807) is 6.08 Å². The number of hydrogen-bond donors (Lipinski definition) is 1. The van der Waals surface area contributed by atoms with Crippen LogP contribution in [0.25, 0.3) is 0 Å². The fourth-order valence-electron chi connectivity index (χ4n) is 1.88. The molecule has 0 aromatic heterocycles. The Bertz CT molecular complexity index is 519. The van der Waals surface area contributed by atoms with Crippen LogP contribution in [0.3, 0.4) is 0 Å². The van der Waals surface area contributed by atoms with Crippen LogP contribution in [-0.2, 0) is 4.79 Å². The second-order valence-electron chi connectivity index (χ2n) is 4.99. The number of aryl methyl sites for hydroxylation is 1. The summed E-state index contributed by atoms with van der Waals surface area (Å²) >= 11 is 6.20. The van der Waals surface area contributed by atoms with Crippen molar-refractivity contribution >= 4 is 17.6 Å². The second-order valence-corrected chi connectivity index (χ2v) is 5.40. The molecule has 0 fully saturated rings. The Morgan fingerprint density at radius 2 is 2.10 bits per heavy atom. The third-order valence-corrected chi connectivity index (χ3v) is 3.47. The zero-order valence-electron chi connectivity index (χ0n) is 12.4. The molecule has 4 heteroatoms. The summed E-state index contributed by atoms with van der Waals surface area (Å²) in [6.45, 7) is 8.12. The Morgan fingerprint density at radius 3 is 2.60 bits per heavy atom. The molecule has 0 unspecified atom stereocenters. The van der Waals surface area contributed by atoms with Gasteiger partial charge in [0.05, 0.1) is 0 Å². The summed E-state index contributed by atoms with van der Waals surface area (Å²) in [7, 11) is 0. The highest BCUT2D eigenvalue weighted by molar-refractivity contribution is 6.31. The molecule has 0 aliphatic carbocycles. The quantitative estimate of drug-likeness (QED) is 0.782. The van der Waals surface area contributed by atoms with E-state index in [-0.39, 0.29) is 6.61 Å². The predicted octanol–water partition coefficient (Wildman–Crippen LogP) is 4.57. The van der Waals surface area contributed by atoms with Gasteiger partial charge >= 0.3 is 5.97 Å². The maximum absolute atomic E-state index is 10.9. The maximum Gasteiger partial charge on any atom is 0.331 e. The number of benzene rings is 1. The van der Waals surface area contributed by atoms with Gasteiger partial charge < -0.3 is 9.84 Å². The third-order valence-electron chi connectivity index (χ3n) is 3.14. The largest absolute Gasteiger partial charge is 0.489 e. The molecular weight excluding hydrogens is 276 g/mol. The molecular formula is C16H21ClO3. The van der Waals surface area contributed by atoms with Crippen LogP contribution in [-0.4, -0.2) is 17.7 Å². The fourth-order valence-corrected chi connectivity index (χ4v) is 2.32. The fraction of sp³-hybridized carbons (Fsp3) is 0.438. The van der Waals surface area contributed by atoms with Gasteiger partial charge in [-0.2, -0.15) is 0 Å². The lowest BCUT2D eigenvalue weighted by Gasteiger charge is -2.14. The number of hydrogen-bond acceptors (Lipinski definition) is 2. The highest BCUT2D eigenvalue weighted by atomic mass is 35.5. The van der Waals surface area contributed by atoms with Crippen LogP contribution in [0.1, 0.15) is 44.2 Å². The summed E-state index contributed by atoms with van der Waals surface area (Å²) in [6, 6.07) is 3.82. The smallest absolute Gasteiger partial charge is 0.331 e. The number of ether oxygens (including phenoxy) is 1. The molecule has 0 heterocycles. The van der Waals surface area contributed by atoms with Gasteiger partial charge in [0.15, 0.2) is 0 Å². The number of carboxylic acid groups (broad SMARTS) is 1. The molecule has 1 aromatic rings. The molecule has 0 bridgehead atoms. The Balaban J connectivity index is 2.88. The average Bonchev–Trinajstić information content (AvgIpc) is 2.35. The maximum atomic E-state index is 10.9. The number of carboxylic acids is 1. The second kappa shape index (κ2) is 7.34. The van der Waals surface area contributed by atoms with E-state index >= 15 is 0 Å². The molecule has 0 aliphatic rings. The molecule has 20 heavy (non-hydrogen) atoms. The van der Waals surface area contributed by atoms with Gasteiger partial charge in [0, 0.05) is 10.6 Å². The molecule has 0 atom stereocenters. The first-order valence-electron chi connectivity index (χ1n) is 6.72. The molecule has 0 amide bonds. The zero-order chi connectivity index (χ0) is 15.3. The number of aliphatic carboxylic acids is 1. The van der Waals surface area contributed by atoms with Crippen LogP contribution in [0.2, 0.25) is 5.02 Å². The van der Waals surface area contributed by atoms with E-state index in [2.05, 4.69) is 13.8 Å². The summed E-state index contributed by atoms with van der Waals surface area (Å²) in [5, 5.41) is 9.67. The van der Waals surface area contributed by atoms with Crippen molar-refractivity contribution in [3.05, 3.63) is 39.9 Å². The van der Waals surface area contributed by atoms with Crippen LogP contribution in [0.5, 0.6) is 5.75 Å². The molecule has 0 saturated heterocycles. The zero-order valence-corrected chi connectivity index (χ0v) is 13.1. The lowest BCUT2D eigenvalue weighted by atomic mass is 10.0. The lowest BCUT2D eigenvalue weighted by Crippen LogP contribution is -2.04. The highest BCUT2D eigenvalue weighted by Crippen LogP contribution is 2.31. The number of carbonyl (C=O) groups is 1. The van der Waals surface area contributed by atoms with Crippen LogP contribution < -0.4 is 4.74 Å². The standard InChI is InChI=1S/C16H21ClO3/c1-5-12(16(18)19)6-7-20-15-9-13(10(2)3)14(17)8-11(15)4/h6,8-10H,5,7H2,1-4H3,(H,18,19). The molecule has 0 spiro atoms. The summed E-state index contributed by atoms with van der Waals surface area (Å²) in [6.07, 6.45) is 2.08. The summed E-state index contributed by atoms with van der Waals surface area (Å²) in [5.41, 5.74) is 2.34.